The second kappa shape index (κ2) is 3.60. The summed E-state index contributed by atoms with van der Waals surface area (Å²) in [7, 11) is 0. The zero-order valence-electron chi connectivity index (χ0n) is 8.34. The first kappa shape index (κ1) is 10.4. The van der Waals surface area contributed by atoms with Gasteiger partial charge in [0.25, 0.3) is 0 Å². The Labute approximate surface area is 100 Å². The van der Waals surface area contributed by atoms with Crippen LogP contribution in [-0.2, 0) is 0 Å². The number of hydrogen-bond donors (Lipinski definition) is 0. The molecule has 86 valence electrons. The van der Waals surface area contributed by atoms with Crippen molar-refractivity contribution in [2.45, 2.75) is 0 Å². The molecular formula is C12H5ClF2O2. The van der Waals surface area contributed by atoms with Crippen LogP contribution in [0.2, 0.25) is 5.02 Å². The SMILES string of the molecule is Fc1cc(F)c2c(c1)Oc1cc(Cl)ccc1O2. The van der Waals surface area contributed by atoms with Crippen molar-refractivity contribution >= 4 is 11.6 Å². The summed E-state index contributed by atoms with van der Waals surface area (Å²) in [5.74, 6) is -0.989. The van der Waals surface area contributed by atoms with Gasteiger partial charge in [0.05, 0.1) is 0 Å². The average molecular weight is 255 g/mol. The first-order valence-corrected chi connectivity index (χ1v) is 5.15. The predicted octanol–water partition coefficient (Wildman–Crippen LogP) is 4.52. The molecule has 0 bridgehead atoms. The van der Waals surface area contributed by atoms with Gasteiger partial charge < -0.3 is 9.47 Å². The molecule has 0 saturated carbocycles. The van der Waals surface area contributed by atoms with E-state index in [9.17, 15) is 8.78 Å². The fraction of sp³-hybridized carbons (Fsp3) is 0. The highest BCUT2D eigenvalue weighted by atomic mass is 35.5. The van der Waals surface area contributed by atoms with Gasteiger partial charge in [-0.1, -0.05) is 11.6 Å². The number of ether oxygens (including phenoxy) is 2. The van der Waals surface area contributed by atoms with Gasteiger partial charge in [-0.2, -0.15) is 0 Å². The van der Waals surface area contributed by atoms with Gasteiger partial charge in [-0.15, -0.1) is 0 Å². The average Bonchev–Trinajstić information content (AvgIpc) is 2.26. The highest BCUT2D eigenvalue weighted by molar-refractivity contribution is 6.30. The van der Waals surface area contributed by atoms with Crippen molar-refractivity contribution in [3.63, 3.8) is 0 Å². The largest absolute Gasteiger partial charge is 0.449 e. The van der Waals surface area contributed by atoms with Crippen LogP contribution in [0.25, 0.3) is 0 Å². The van der Waals surface area contributed by atoms with E-state index in [0.29, 0.717) is 16.5 Å². The monoisotopic (exact) mass is 254 g/mol. The van der Waals surface area contributed by atoms with E-state index < -0.39 is 11.6 Å². The maximum absolute atomic E-state index is 13.4. The standard InChI is InChI=1S/C12H5ClF2O2/c13-6-1-2-9-10(3-6)16-11-5-7(14)4-8(15)12(11)17-9/h1-5H. The van der Waals surface area contributed by atoms with Crippen molar-refractivity contribution in [2.24, 2.45) is 0 Å². The Morgan fingerprint density at radius 1 is 0.882 bits per heavy atom. The van der Waals surface area contributed by atoms with Gasteiger partial charge in [-0.25, -0.2) is 8.78 Å². The predicted molar refractivity (Wildman–Crippen MR) is 58.0 cm³/mol. The van der Waals surface area contributed by atoms with E-state index in [2.05, 4.69) is 0 Å². The summed E-state index contributed by atoms with van der Waals surface area (Å²) in [5, 5.41) is 0.452. The molecule has 2 aromatic rings. The van der Waals surface area contributed by atoms with Crippen molar-refractivity contribution < 1.29 is 18.3 Å². The minimum atomic E-state index is -0.805. The minimum Gasteiger partial charge on any atom is -0.449 e. The number of halogens is 3. The van der Waals surface area contributed by atoms with E-state index in [1.807, 2.05) is 0 Å². The fourth-order valence-electron chi connectivity index (χ4n) is 1.59. The van der Waals surface area contributed by atoms with Crippen LogP contribution in [0.15, 0.2) is 30.3 Å². The van der Waals surface area contributed by atoms with E-state index in [1.165, 1.54) is 6.07 Å². The maximum atomic E-state index is 13.4. The summed E-state index contributed by atoms with van der Waals surface area (Å²) >= 11 is 5.78. The van der Waals surface area contributed by atoms with Gasteiger partial charge in [-0.05, 0) is 12.1 Å². The molecule has 0 amide bonds. The number of rotatable bonds is 0. The van der Waals surface area contributed by atoms with E-state index >= 15 is 0 Å². The Bertz CT molecular complexity index is 614. The van der Waals surface area contributed by atoms with Crippen molar-refractivity contribution in [1.29, 1.82) is 0 Å². The third-order valence-electron chi connectivity index (χ3n) is 2.31. The molecule has 5 heteroatoms. The fourth-order valence-corrected chi connectivity index (χ4v) is 1.75. The lowest BCUT2D eigenvalue weighted by atomic mass is 10.2. The molecule has 17 heavy (non-hydrogen) atoms. The van der Waals surface area contributed by atoms with Gasteiger partial charge in [0, 0.05) is 23.2 Å². The highest BCUT2D eigenvalue weighted by Crippen LogP contribution is 2.47. The summed E-state index contributed by atoms with van der Waals surface area (Å²) in [5.41, 5.74) is 0. The molecule has 0 spiro atoms. The van der Waals surface area contributed by atoms with Gasteiger partial charge in [0.15, 0.2) is 23.1 Å². The van der Waals surface area contributed by atoms with Crippen LogP contribution in [-0.4, -0.2) is 0 Å². The lowest BCUT2D eigenvalue weighted by Gasteiger charge is -2.20. The maximum Gasteiger partial charge on any atom is 0.205 e. The molecular weight excluding hydrogens is 250 g/mol. The topological polar surface area (TPSA) is 18.5 Å². The van der Waals surface area contributed by atoms with E-state index in [1.54, 1.807) is 12.1 Å². The molecule has 2 nitrogen and oxygen atoms in total. The quantitative estimate of drug-likeness (QED) is 0.587. The Morgan fingerprint density at radius 3 is 2.53 bits per heavy atom. The Kier molecular flexibility index (Phi) is 2.19. The van der Waals surface area contributed by atoms with Crippen molar-refractivity contribution in [1.82, 2.24) is 0 Å². The summed E-state index contributed by atoms with van der Waals surface area (Å²) in [4.78, 5) is 0. The zero-order valence-corrected chi connectivity index (χ0v) is 9.09. The van der Waals surface area contributed by atoms with Crippen LogP contribution < -0.4 is 9.47 Å². The lowest BCUT2D eigenvalue weighted by molar-refractivity contribution is 0.338. The van der Waals surface area contributed by atoms with Gasteiger partial charge >= 0.3 is 0 Å². The van der Waals surface area contributed by atoms with E-state index in [-0.39, 0.29) is 11.5 Å². The van der Waals surface area contributed by atoms with E-state index in [0.717, 1.165) is 12.1 Å². The molecule has 0 unspecified atom stereocenters. The number of benzene rings is 2. The molecule has 0 fully saturated rings. The summed E-state index contributed by atoms with van der Waals surface area (Å²) in [6.07, 6.45) is 0. The van der Waals surface area contributed by atoms with Crippen molar-refractivity contribution in [3.8, 4) is 23.0 Å². The second-order valence-corrected chi connectivity index (χ2v) is 3.95. The minimum absolute atomic E-state index is 0.00253. The zero-order chi connectivity index (χ0) is 12.0. The first-order chi connectivity index (χ1) is 8.13. The Morgan fingerprint density at radius 2 is 1.71 bits per heavy atom. The molecule has 0 atom stereocenters. The molecule has 0 aliphatic carbocycles. The summed E-state index contributed by atoms with van der Waals surface area (Å²) in [6.45, 7) is 0. The Hall–Kier alpha value is -1.81. The van der Waals surface area contributed by atoms with Crippen molar-refractivity contribution in [2.75, 3.05) is 0 Å². The third kappa shape index (κ3) is 1.70. The van der Waals surface area contributed by atoms with Gasteiger partial charge in [-0.3, -0.25) is 0 Å². The van der Waals surface area contributed by atoms with E-state index in [4.69, 9.17) is 21.1 Å². The van der Waals surface area contributed by atoms with Gasteiger partial charge in [0.2, 0.25) is 5.75 Å². The molecule has 1 aliphatic rings. The van der Waals surface area contributed by atoms with Crippen LogP contribution in [0, 0.1) is 11.6 Å². The molecule has 0 saturated heterocycles. The highest BCUT2D eigenvalue weighted by Gasteiger charge is 2.23. The van der Waals surface area contributed by atoms with Gasteiger partial charge in [0.1, 0.15) is 5.82 Å². The Balaban J connectivity index is 2.14. The lowest BCUT2D eigenvalue weighted by Crippen LogP contribution is -2.01. The molecule has 1 aliphatic heterocycles. The summed E-state index contributed by atoms with van der Waals surface area (Å²) in [6, 6.07) is 6.47. The van der Waals surface area contributed by atoms with Crippen LogP contribution in [0.3, 0.4) is 0 Å². The molecule has 0 aromatic heterocycles. The van der Waals surface area contributed by atoms with Crippen LogP contribution >= 0.6 is 11.6 Å². The van der Waals surface area contributed by atoms with Crippen LogP contribution in [0.5, 0.6) is 23.0 Å². The normalized spacial score (nSPS) is 12.2. The molecule has 3 rings (SSSR count). The third-order valence-corrected chi connectivity index (χ3v) is 2.55. The smallest absolute Gasteiger partial charge is 0.205 e. The summed E-state index contributed by atoms with van der Waals surface area (Å²) < 4.78 is 37.1. The first-order valence-electron chi connectivity index (χ1n) is 4.78. The molecule has 1 heterocycles. The van der Waals surface area contributed by atoms with Crippen LogP contribution in [0.4, 0.5) is 8.78 Å². The van der Waals surface area contributed by atoms with Crippen molar-refractivity contribution in [3.05, 3.63) is 47.0 Å². The molecule has 0 N–H and O–H groups in total. The number of fused-ring (bicyclic) bond motifs is 2. The second-order valence-electron chi connectivity index (χ2n) is 3.51. The molecule has 2 aromatic carbocycles. The molecule has 0 radical (unpaired) electrons. The van der Waals surface area contributed by atoms with Crippen LogP contribution in [0.1, 0.15) is 0 Å². The number of hydrogen-bond acceptors (Lipinski definition) is 2.